The molecule has 0 bridgehead atoms. The van der Waals surface area contributed by atoms with Gasteiger partial charge in [0.15, 0.2) is 0 Å². The summed E-state index contributed by atoms with van der Waals surface area (Å²) in [5, 5.41) is 5.34. The normalized spacial score (nSPS) is 11.1. The second-order valence-corrected chi connectivity index (χ2v) is 5.91. The first-order valence-corrected chi connectivity index (χ1v) is 8.25. The molecule has 0 saturated carbocycles. The van der Waals surface area contributed by atoms with Gasteiger partial charge < -0.3 is 10.6 Å². The minimum absolute atomic E-state index is 0.0236. The smallest absolute Gasteiger partial charge is 0.348 e. The van der Waals surface area contributed by atoms with Gasteiger partial charge in [0.2, 0.25) is 0 Å². The zero-order valence-electron chi connectivity index (χ0n) is 14.4. The third kappa shape index (κ3) is 4.85. The van der Waals surface area contributed by atoms with Crippen LogP contribution in [0.5, 0.6) is 0 Å². The Morgan fingerprint density at radius 1 is 1.00 bits per heavy atom. The number of carbonyl (C=O) groups is 1. The van der Waals surface area contributed by atoms with Gasteiger partial charge in [0.05, 0.1) is 11.1 Å². The van der Waals surface area contributed by atoms with Gasteiger partial charge in [-0.05, 0) is 36.4 Å². The van der Waals surface area contributed by atoms with Crippen molar-refractivity contribution in [2.75, 3.05) is 5.32 Å². The molecule has 0 saturated heterocycles. The molecule has 0 fully saturated rings. The fourth-order valence-electron chi connectivity index (χ4n) is 2.44. The molecular weight excluding hydrogens is 374 g/mol. The van der Waals surface area contributed by atoms with Crippen LogP contribution in [0.15, 0.2) is 66.9 Å². The Balaban J connectivity index is 1.63. The Morgan fingerprint density at radius 3 is 2.46 bits per heavy atom. The van der Waals surface area contributed by atoms with Crippen molar-refractivity contribution >= 4 is 17.4 Å². The highest BCUT2D eigenvalue weighted by Gasteiger charge is 2.30. The summed E-state index contributed by atoms with van der Waals surface area (Å²) in [6, 6.07) is 13.7. The van der Waals surface area contributed by atoms with Crippen LogP contribution in [0.1, 0.15) is 21.5 Å². The van der Waals surface area contributed by atoms with Gasteiger partial charge in [-0.3, -0.25) is 4.79 Å². The fourth-order valence-corrected chi connectivity index (χ4v) is 2.44. The van der Waals surface area contributed by atoms with Crippen LogP contribution in [0.25, 0.3) is 0 Å². The molecule has 1 aromatic heterocycles. The van der Waals surface area contributed by atoms with Gasteiger partial charge in [-0.1, -0.05) is 24.3 Å². The molecule has 0 radical (unpaired) electrons. The van der Waals surface area contributed by atoms with Gasteiger partial charge in [-0.25, -0.2) is 9.37 Å². The van der Waals surface area contributed by atoms with Crippen molar-refractivity contribution in [3.8, 4) is 0 Å². The number of alkyl halides is 3. The second-order valence-electron chi connectivity index (χ2n) is 5.91. The lowest BCUT2D eigenvalue weighted by Gasteiger charge is -2.10. The Hall–Kier alpha value is -3.42. The number of nitrogens with zero attached hydrogens (tertiary/aromatic N) is 1. The lowest BCUT2D eigenvalue weighted by atomic mass is 10.2. The van der Waals surface area contributed by atoms with Crippen molar-refractivity contribution in [3.63, 3.8) is 0 Å². The maximum Gasteiger partial charge on any atom is 0.416 e. The molecule has 3 rings (SSSR count). The average molecular weight is 389 g/mol. The second kappa shape index (κ2) is 8.08. The number of hydrogen-bond donors (Lipinski definition) is 2. The highest BCUT2D eigenvalue weighted by atomic mass is 19.4. The number of amides is 1. The van der Waals surface area contributed by atoms with Crippen LogP contribution in [0.2, 0.25) is 0 Å². The van der Waals surface area contributed by atoms with Gasteiger partial charge >= 0.3 is 6.18 Å². The number of benzene rings is 2. The molecule has 4 nitrogen and oxygen atoms in total. The summed E-state index contributed by atoms with van der Waals surface area (Å²) in [5.74, 6) is -0.576. The van der Waals surface area contributed by atoms with Crippen LogP contribution < -0.4 is 10.6 Å². The zero-order chi connectivity index (χ0) is 20.1. The Labute approximate surface area is 158 Å². The summed E-state index contributed by atoms with van der Waals surface area (Å²) in [5.41, 5.74) is 0.0401. The molecule has 2 N–H and O–H groups in total. The summed E-state index contributed by atoms with van der Waals surface area (Å²) in [4.78, 5) is 16.2. The zero-order valence-corrected chi connectivity index (χ0v) is 14.4. The van der Waals surface area contributed by atoms with Crippen molar-refractivity contribution < 1.29 is 22.4 Å². The van der Waals surface area contributed by atoms with Crippen molar-refractivity contribution in [2.24, 2.45) is 0 Å². The molecule has 1 heterocycles. The van der Waals surface area contributed by atoms with E-state index in [2.05, 4.69) is 15.6 Å². The first-order valence-electron chi connectivity index (χ1n) is 8.25. The van der Waals surface area contributed by atoms with E-state index >= 15 is 0 Å². The van der Waals surface area contributed by atoms with Crippen LogP contribution in [0, 0.1) is 5.82 Å². The first kappa shape index (κ1) is 19.3. The summed E-state index contributed by atoms with van der Waals surface area (Å²) in [6.07, 6.45) is -3.15. The molecule has 0 aliphatic rings. The third-order valence-corrected chi connectivity index (χ3v) is 3.89. The number of rotatable bonds is 5. The molecule has 3 aromatic rings. The SMILES string of the molecule is O=C(NCc1ccccc1F)c1ccc(Nc2cccc(C(F)(F)F)c2)nc1. The monoisotopic (exact) mass is 389 g/mol. The Bertz CT molecular complexity index is 972. The number of pyridine rings is 1. The number of halogens is 4. The molecule has 0 spiro atoms. The molecule has 28 heavy (non-hydrogen) atoms. The molecule has 0 atom stereocenters. The van der Waals surface area contributed by atoms with Crippen molar-refractivity contribution in [1.82, 2.24) is 10.3 Å². The third-order valence-electron chi connectivity index (χ3n) is 3.89. The first-order chi connectivity index (χ1) is 13.3. The van der Waals surface area contributed by atoms with Crippen molar-refractivity contribution in [1.29, 1.82) is 0 Å². The largest absolute Gasteiger partial charge is 0.416 e. The fraction of sp³-hybridized carbons (Fsp3) is 0.100. The quantitative estimate of drug-likeness (QED) is 0.610. The van der Waals surface area contributed by atoms with E-state index in [1.807, 2.05) is 0 Å². The van der Waals surface area contributed by atoms with Crippen LogP contribution in [0.4, 0.5) is 29.1 Å². The van der Waals surface area contributed by atoms with E-state index in [0.29, 0.717) is 5.56 Å². The lowest BCUT2D eigenvalue weighted by molar-refractivity contribution is -0.137. The summed E-state index contributed by atoms with van der Waals surface area (Å²) in [6.45, 7) is 0.0236. The van der Waals surface area contributed by atoms with Crippen molar-refractivity contribution in [3.05, 3.63) is 89.4 Å². The molecule has 144 valence electrons. The Kier molecular flexibility index (Phi) is 5.58. The van der Waals surface area contributed by atoms with Crippen LogP contribution in [-0.4, -0.2) is 10.9 Å². The highest BCUT2D eigenvalue weighted by Crippen LogP contribution is 2.31. The standard InChI is InChI=1S/C20H15F4N3O/c21-17-7-2-1-4-13(17)11-26-19(28)14-8-9-18(25-12-14)27-16-6-3-5-15(10-16)20(22,23)24/h1-10,12H,11H2,(H,25,27)(H,26,28). The van der Waals surface area contributed by atoms with E-state index in [4.69, 9.17) is 0 Å². The lowest BCUT2D eigenvalue weighted by Crippen LogP contribution is -2.23. The van der Waals surface area contributed by atoms with E-state index in [1.165, 1.54) is 36.5 Å². The maximum absolute atomic E-state index is 13.6. The predicted molar refractivity (Wildman–Crippen MR) is 96.5 cm³/mol. The predicted octanol–water partition coefficient (Wildman–Crippen LogP) is 4.91. The molecular formula is C20H15F4N3O. The molecule has 0 aliphatic carbocycles. The molecule has 1 amide bonds. The van der Waals surface area contributed by atoms with Gasteiger partial charge in [-0.2, -0.15) is 13.2 Å². The summed E-state index contributed by atoms with van der Waals surface area (Å²) >= 11 is 0. The molecule has 0 unspecified atom stereocenters. The molecule has 0 aliphatic heterocycles. The van der Waals surface area contributed by atoms with Gasteiger partial charge in [-0.15, -0.1) is 0 Å². The van der Waals surface area contributed by atoms with Crippen LogP contribution in [0.3, 0.4) is 0 Å². The van der Waals surface area contributed by atoms with Gasteiger partial charge in [0.1, 0.15) is 11.6 Å². The molecule has 8 heteroatoms. The highest BCUT2D eigenvalue weighted by molar-refractivity contribution is 5.94. The number of anilines is 2. The number of nitrogens with one attached hydrogen (secondary N) is 2. The van der Waals surface area contributed by atoms with E-state index < -0.39 is 23.5 Å². The average Bonchev–Trinajstić information content (AvgIpc) is 2.67. The van der Waals surface area contributed by atoms with Gasteiger partial charge in [0, 0.05) is 24.0 Å². The minimum atomic E-state index is -4.44. The van der Waals surface area contributed by atoms with Crippen LogP contribution in [-0.2, 0) is 12.7 Å². The van der Waals surface area contributed by atoms with Crippen LogP contribution >= 0.6 is 0 Å². The van der Waals surface area contributed by atoms with E-state index in [-0.39, 0.29) is 23.6 Å². The summed E-state index contributed by atoms with van der Waals surface area (Å²) < 4.78 is 51.8. The summed E-state index contributed by atoms with van der Waals surface area (Å²) in [7, 11) is 0. The number of hydrogen-bond acceptors (Lipinski definition) is 3. The topological polar surface area (TPSA) is 54.0 Å². The Morgan fingerprint density at radius 2 is 1.79 bits per heavy atom. The minimum Gasteiger partial charge on any atom is -0.348 e. The maximum atomic E-state index is 13.6. The molecule has 2 aromatic carbocycles. The van der Waals surface area contributed by atoms with Gasteiger partial charge in [0.25, 0.3) is 5.91 Å². The number of aromatic nitrogens is 1. The number of carbonyl (C=O) groups excluding carboxylic acids is 1. The van der Waals surface area contributed by atoms with E-state index in [9.17, 15) is 22.4 Å². The van der Waals surface area contributed by atoms with Crippen molar-refractivity contribution in [2.45, 2.75) is 12.7 Å². The van der Waals surface area contributed by atoms with E-state index in [0.717, 1.165) is 12.1 Å². The van der Waals surface area contributed by atoms with E-state index in [1.54, 1.807) is 18.2 Å².